The Balaban J connectivity index is 1.97. The average molecular weight is 338 g/mol. The molecule has 6 nitrogen and oxygen atoms in total. The van der Waals surface area contributed by atoms with Gasteiger partial charge in [-0.05, 0) is 48.0 Å². The third-order valence-corrected chi connectivity index (χ3v) is 3.88. The summed E-state index contributed by atoms with van der Waals surface area (Å²) in [5.74, 6) is 0.456. The summed E-state index contributed by atoms with van der Waals surface area (Å²) < 4.78 is 12.0. The van der Waals surface area contributed by atoms with Crippen molar-refractivity contribution in [3.05, 3.63) is 65.9 Å². The van der Waals surface area contributed by atoms with Crippen LogP contribution in [0.25, 0.3) is 11.3 Å². The van der Waals surface area contributed by atoms with E-state index in [9.17, 15) is 9.90 Å². The first kappa shape index (κ1) is 16.6. The number of hydrogen-bond acceptors (Lipinski definition) is 4. The van der Waals surface area contributed by atoms with Crippen LogP contribution in [0.2, 0.25) is 0 Å². The minimum Gasteiger partial charge on any atom is -0.497 e. The molecule has 1 aromatic heterocycles. The standard InChI is InChI=1S/C19H18N2O4/c1-24-15-7-3-13(4-8-15)12-21-18(11-17(20-21)19(22)23)14-5-9-16(25-2)10-6-14/h3-11H,12H2,1-2H3,(H,22,23). The van der Waals surface area contributed by atoms with Crippen LogP contribution in [0.5, 0.6) is 11.5 Å². The van der Waals surface area contributed by atoms with Gasteiger partial charge >= 0.3 is 5.97 Å². The molecular formula is C19H18N2O4. The number of aromatic nitrogens is 2. The number of carboxylic acids is 1. The topological polar surface area (TPSA) is 73.6 Å². The van der Waals surface area contributed by atoms with Crippen molar-refractivity contribution in [2.45, 2.75) is 6.54 Å². The summed E-state index contributed by atoms with van der Waals surface area (Å²) in [5.41, 5.74) is 2.61. The molecule has 0 atom stereocenters. The highest BCUT2D eigenvalue weighted by Gasteiger charge is 2.15. The smallest absolute Gasteiger partial charge is 0.356 e. The minimum absolute atomic E-state index is 0.0133. The van der Waals surface area contributed by atoms with Gasteiger partial charge in [0.15, 0.2) is 5.69 Å². The monoisotopic (exact) mass is 338 g/mol. The Hall–Kier alpha value is -3.28. The van der Waals surface area contributed by atoms with Crippen molar-refractivity contribution in [3.8, 4) is 22.8 Å². The molecule has 25 heavy (non-hydrogen) atoms. The molecule has 3 rings (SSSR count). The molecule has 0 unspecified atom stereocenters. The second-order valence-electron chi connectivity index (χ2n) is 5.45. The lowest BCUT2D eigenvalue weighted by Gasteiger charge is -2.09. The van der Waals surface area contributed by atoms with Crippen LogP contribution in [0.15, 0.2) is 54.6 Å². The molecule has 2 aromatic carbocycles. The third kappa shape index (κ3) is 3.63. The molecule has 0 bridgehead atoms. The SMILES string of the molecule is COc1ccc(Cn2nc(C(=O)O)cc2-c2ccc(OC)cc2)cc1. The Morgan fingerprint density at radius 1 is 1.00 bits per heavy atom. The van der Waals surface area contributed by atoms with Gasteiger partial charge in [0, 0.05) is 5.56 Å². The number of aromatic carboxylic acids is 1. The van der Waals surface area contributed by atoms with Gasteiger partial charge < -0.3 is 14.6 Å². The van der Waals surface area contributed by atoms with Crippen molar-refractivity contribution in [2.75, 3.05) is 14.2 Å². The highest BCUT2D eigenvalue weighted by molar-refractivity contribution is 5.87. The zero-order valence-corrected chi connectivity index (χ0v) is 14.0. The van der Waals surface area contributed by atoms with Crippen molar-refractivity contribution < 1.29 is 19.4 Å². The van der Waals surface area contributed by atoms with Crippen molar-refractivity contribution in [1.82, 2.24) is 9.78 Å². The number of carboxylic acid groups (broad SMARTS) is 1. The Morgan fingerprint density at radius 3 is 2.08 bits per heavy atom. The van der Waals surface area contributed by atoms with Gasteiger partial charge in [0.25, 0.3) is 0 Å². The van der Waals surface area contributed by atoms with E-state index in [-0.39, 0.29) is 5.69 Å². The highest BCUT2D eigenvalue weighted by atomic mass is 16.5. The third-order valence-electron chi connectivity index (χ3n) is 3.88. The van der Waals surface area contributed by atoms with Gasteiger partial charge in [-0.25, -0.2) is 4.79 Å². The van der Waals surface area contributed by atoms with Gasteiger partial charge in [-0.2, -0.15) is 5.10 Å². The molecule has 1 heterocycles. The Labute approximate surface area is 145 Å². The number of benzene rings is 2. The van der Waals surface area contributed by atoms with Crippen molar-refractivity contribution >= 4 is 5.97 Å². The second-order valence-corrected chi connectivity index (χ2v) is 5.45. The maximum atomic E-state index is 11.3. The van der Waals surface area contributed by atoms with E-state index in [0.29, 0.717) is 6.54 Å². The number of ether oxygens (including phenoxy) is 2. The van der Waals surface area contributed by atoms with Crippen LogP contribution >= 0.6 is 0 Å². The summed E-state index contributed by atoms with van der Waals surface area (Å²) in [6, 6.07) is 16.6. The van der Waals surface area contributed by atoms with Gasteiger partial charge in [-0.15, -0.1) is 0 Å². The Kier molecular flexibility index (Phi) is 4.70. The molecule has 0 aliphatic rings. The van der Waals surface area contributed by atoms with Gasteiger partial charge in [-0.3, -0.25) is 4.68 Å². The van der Waals surface area contributed by atoms with E-state index in [1.165, 1.54) is 0 Å². The normalized spacial score (nSPS) is 10.5. The van der Waals surface area contributed by atoms with Crippen LogP contribution in [-0.2, 0) is 6.54 Å². The van der Waals surface area contributed by atoms with E-state index in [0.717, 1.165) is 28.3 Å². The molecule has 128 valence electrons. The molecule has 0 radical (unpaired) electrons. The lowest BCUT2D eigenvalue weighted by Crippen LogP contribution is -2.06. The van der Waals surface area contributed by atoms with Crippen molar-refractivity contribution in [2.24, 2.45) is 0 Å². The molecule has 0 saturated carbocycles. The van der Waals surface area contributed by atoms with Crippen LogP contribution in [0.1, 0.15) is 16.1 Å². The number of carbonyl (C=O) groups is 1. The van der Waals surface area contributed by atoms with Crippen LogP contribution in [-0.4, -0.2) is 35.1 Å². The largest absolute Gasteiger partial charge is 0.497 e. The quantitative estimate of drug-likeness (QED) is 0.746. The van der Waals surface area contributed by atoms with E-state index in [1.54, 1.807) is 25.0 Å². The maximum absolute atomic E-state index is 11.3. The molecule has 0 aliphatic carbocycles. The molecular weight excluding hydrogens is 320 g/mol. The van der Waals surface area contributed by atoms with Gasteiger partial charge in [-0.1, -0.05) is 12.1 Å². The lowest BCUT2D eigenvalue weighted by atomic mass is 10.1. The molecule has 1 N–H and O–H groups in total. The van der Waals surface area contributed by atoms with Gasteiger partial charge in [0.05, 0.1) is 26.5 Å². The first-order valence-electron chi connectivity index (χ1n) is 7.69. The van der Waals surface area contributed by atoms with E-state index >= 15 is 0 Å². The van der Waals surface area contributed by atoms with Crippen LogP contribution < -0.4 is 9.47 Å². The second kappa shape index (κ2) is 7.09. The molecule has 0 fully saturated rings. The predicted molar refractivity (Wildman–Crippen MR) is 93.3 cm³/mol. The maximum Gasteiger partial charge on any atom is 0.356 e. The van der Waals surface area contributed by atoms with Crippen molar-refractivity contribution in [1.29, 1.82) is 0 Å². The molecule has 0 amide bonds. The summed E-state index contributed by atoms with van der Waals surface area (Å²) in [5, 5.41) is 13.5. The minimum atomic E-state index is -1.05. The van der Waals surface area contributed by atoms with Gasteiger partial charge in [0.1, 0.15) is 11.5 Å². The van der Waals surface area contributed by atoms with E-state index in [4.69, 9.17) is 9.47 Å². The Bertz CT molecular complexity index is 867. The molecule has 6 heteroatoms. The molecule has 0 saturated heterocycles. The fourth-order valence-corrected chi connectivity index (χ4v) is 2.54. The fourth-order valence-electron chi connectivity index (χ4n) is 2.54. The zero-order chi connectivity index (χ0) is 17.8. The first-order valence-corrected chi connectivity index (χ1v) is 7.69. The zero-order valence-electron chi connectivity index (χ0n) is 14.0. The summed E-state index contributed by atoms with van der Waals surface area (Å²) in [6.45, 7) is 0.457. The Morgan fingerprint density at radius 2 is 1.56 bits per heavy atom. The predicted octanol–water partition coefficient (Wildman–Crippen LogP) is 3.31. The number of hydrogen-bond donors (Lipinski definition) is 1. The number of nitrogens with zero attached hydrogens (tertiary/aromatic N) is 2. The van der Waals surface area contributed by atoms with E-state index in [2.05, 4.69) is 5.10 Å². The fraction of sp³-hybridized carbons (Fsp3) is 0.158. The average Bonchev–Trinajstić information content (AvgIpc) is 3.06. The first-order chi connectivity index (χ1) is 12.1. The van der Waals surface area contributed by atoms with Crippen molar-refractivity contribution in [3.63, 3.8) is 0 Å². The van der Waals surface area contributed by atoms with Crippen LogP contribution in [0, 0.1) is 0 Å². The van der Waals surface area contributed by atoms with E-state index in [1.807, 2.05) is 48.5 Å². The summed E-state index contributed by atoms with van der Waals surface area (Å²) >= 11 is 0. The van der Waals surface area contributed by atoms with E-state index < -0.39 is 5.97 Å². The number of rotatable bonds is 6. The molecule has 0 aliphatic heterocycles. The highest BCUT2D eigenvalue weighted by Crippen LogP contribution is 2.24. The molecule has 3 aromatic rings. The van der Waals surface area contributed by atoms with Gasteiger partial charge in [0.2, 0.25) is 0 Å². The lowest BCUT2D eigenvalue weighted by molar-refractivity contribution is 0.0689. The summed E-state index contributed by atoms with van der Waals surface area (Å²) in [7, 11) is 3.22. The summed E-state index contributed by atoms with van der Waals surface area (Å²) in [4.78, 5) is 11.3. The summed E-state index contributed by atoms with van der Waals surface area (Å²) in [6.07, 6.45) is 0. The molecule has 0 spiro atoms. The van der Waals surface area contributed by atoms with Crippen LogP contribution in [0.3, 0.4) is 0 Å². The number of methoxy groups -OCH3 is 2. The van der Waals surface area contributed by atoms with Crippen LogP contribution in [0.4, 0.5) is 0 Å².